The minimum absolute atomic E-state index is 0.0473. The Hall–Kier alpha value is -0.775. The van der Waals surface area contributed by atoms with E-state index in [2.05, 4.69) is 104 Å². The van der Waals surface area contributed by atoms with Crippen LogP contribution in [0.25, 0.3) is 21.5 Å². The number of hydrogen-bond donors (Lipinski definition) is 2. The summed E-state index contributed by atoms with van der Waals surface area (Å²) in [5.41, 5.74) is 13.9. The van der Waals surface area contributed by atoms with Gasteiger partial charge in [0.1, 0.15) is 0 Å². The van der Waals surface area contributed by atoms with Crippen molar-refractivity contribution >= 4 is 40.6 Å². The van der Waals surface area contributed by atoms with Crippen LogP contribution < -0.4 is 11.5 Å². The molecule has 6 heteroatoms. The first-order chi connectivity index (χ1) is 14.6. The molecule has 0 amide bonds. The summed E-state index contributed by atoms with van der Waals surface area (Å²) >= 11 is 4.44. The van der Waals surface area contributed by atoms with E-state index in [1.165, 1.54) is 21.5 Å². The van der Waals surface area contributed by atoms with Gasteiger partial charge in [0, 0.05) is 12.1 Å². The molecule has 0 bridgehead atoms. The summed E-state index contributed by atoms with van der Waals surface area (Å²) in [4.78, 5) is 0. The van der Waals surface area contributed by atoms with E-state index >= 15 is 0 Å². The Kier molecular flexibility index (Phi) is 13.7. The predicted molar refractivity (Wildman–Crippen MR) is 122 cm³/mol. The fourth-order valence-corrected chi connectivity index (χ4v) is 3.13. The zero-order valence-corrected chi connectivity index (χ0v) is 21.2. The molecule has 0 radical (unpaired) electrons. The van der Waals surface area contributed by atoms with Gasteiger partial charge in [0.05, 0.1) is 0 Å². The molecule has 4 rings (SSSR count). The van der Waals surface area contributed by atoms with Crippen LogP contribution in [-0.2, 0) is 36.4 Å². The Balaban J connectivity index is 0.000000258. The molecule has 0 fully saturated rings. The van der Waals surface area contributed by atoms with Gasteiger partial charge in [-0.05, 0) is 13.8 Å². The summed E-state index contributed by atoms with van der Waals surface area (Å²) in [5.74, 6) is 0. The maximum atomic E-state index is 5.85. The summed E-state index contributed by atoms with van der Waals surface area (Å²) in [5, 5.41) is 4.88. The second kappa shape index (κ2) is 15.1. The molecule has 4 aromatic carbocycles. The molecule has 4 aromatic rings. The van der Waals surface area contributed by atoms with E-state index in [1.54, 1.807) is 0 Å². The van der Waals surface area contributed by atoms with Crippen LogP contribution in [-0.4, -0.2) is 0 Å². The van der Waals surface area contributed by atoms with E-state index in [1.807, 2.05) is 50.2 Å². The Morgan fingerprint density at radius 1 is 0.633 bits per heavy atom. The molecule has 164 valence electrons. The first kappa shape index (κ1) is 27.3. The Labute approximate surface area is 209 Å². The molecule has 0 heterocycles. The van der Waals surface area contributed by atoms with Gasteiger partial charge in [-0.1, -0.05) is 36.4 Å². The number of hydrogen-bond acceptors (Lipinski definition) is 2. The average Bonchev–Trinajstić information content (AvgIpc) is 2.81. The van der Waals surface area contributed by atoms with Crippen molar-refractivity contribution in [3.8, 4) is 0 Å². The maximum absolute atomic E-state index is 5.85. The zero-order chi connectivity index (χ0) is 22.5. The molecular weight excluding hydrogens is 600 g/mol. The fourth-order valence-electron chi connectivity index (χ4n) is 3.13. The van der Waals surface area contributed by atoms with E-state index in [0.717, 1.165) is 11.1 Å². The van der Waals surface area contributed by atoms with Gasteiger partial charge in [0.2, 0.25) is 0 Å². The molecule has 0 aliphatic rings. The van der Waals surface area contributed by atoms with Crippen molar-refractivity contribution in [3.05, 3.63) is 96.1 Å². The zero-order valence-electron chi connectivity index (χ0n) is 16.6. The third kappa shape index (κ3) is 7.73. The van der Waals surface area contributed by atoms with E-state index in [4.69, 9.17) is 11.5 Å². The van der Waals surface area contributed by atoms with Crippen LogP contribution in [0.1, 0.15) is 37.1 Å². The molecule has 0 saturated heterocycles. The molecule has 0 aliphatic carbocycles. The number of rotatable bonds is 2. The van der Waals surface area contributed by atoms with Gasteiger partial charge in [0.15, 0.2) is 0 Å². The van der Waals surface area contributed by atoms with Crippen molar-refractivity contribution < 1.29 is 36.4 Å². The molecule has 0 aromatic heterocycles. The number of halogens is 2. The van der Waals surface area contributed by atoms with Gasteiger partial charge in [-0.25, -0.2) is 0 Å². The number of nitrogens with two attached hydrogens (primary N) is 2. The average molecular weight is 624 g/mol. The van der Waals surface area contributed by atoms with Gasteiger partial charge in [-0.2, -0.15) is 36.4 Å². The molecule has 2 nitrogen and oxygen atoms in total. The van der Waals surface area contributed by atoms with Gasteiger partial charge in [-0.15, -0.1) is 44.8 Å². The van der Waals surface area contributed by atoms with Crippen LogP contribution in [0, 0.1) is 12.1 Å². The Morgan fingerprint density at radius 2 is 0.967 bits per heavy atom. The van der Waals surface area contributed by atoms with Gasteiger partial charge >= 0.3 is 55.4 Å². The molecule has 2 atom stereocenters. The number of fused-ring (bicyclic) bond motifs is 2. The van der Waals surface area contributed by atoms with Crippen molar-refractivity contribution in [1.82, 2.24) is 0 Å². The second-order valence-electron chi connectivity index (χ2n) is 6.53. The van der Waals surface area contributed by atoms with Crippen molar-refractivity contribution in [2.45, 2.75) is 25.9 Å². The quantitative estimate of drug-likeness (QED) is 0.193. The molecule has 0 spiro atoms. The standard InChI is InChI=1S/2C12H12N.2ClH.2Pd/c2*1-9(13)11-8-4-6-10-5-2-3-7-12(10)11;;;;/h2*2-7,9H,13H2,1H3;2*1H;;/q2*-1;;;2*+2/p-2/t2*9-;;;;/m11..../s1. The van der Waals surface area contributed by atoms with Gasteiger partial charge in [-0.3, -0.25) is 0 Å². The van der Waals surface area contributed by atoms with Crippen LogP contribution in [0.15, 0.2) is 72.8 Å². The molecule has 0 saturated carbocycles. The third-order valence-corrected chi connectivity index (χ3v) is 4.42. The van der Waals surface area contributed by atoms with Gasteiger partial charge in [0.25, 0.3) is 0 Å². The van der Waals surface area contributed by atoms with Crippen LogP contribution in [0.3, 0.4) is 0 Å². The van der Waals surface area contributed by atoms with E-state index in [0.29, 0.717) is 0 Å². The summed E-state index contributed by atoms with van der Waals surface area (Å²) in [6.45, 7) is 3.97. The molecule has 0 unspecified atom stereocenters. The molecule has 0 aliphatic heterocycles. The van der Waals surface area contributed by atoms with Crippen molar-refractivity contribution in [2.24, 2.45) is 11.5 Å². The topological polar surface area (TPSA) is 52.0 Å². The predicted octanol–water partition coefficient (Wildman–Crippen LogP) is 6.69. The summed E-state index contributed by atoms with van der Waals surface area (Å²) in [6.07, 6.45) is 0. The monoisotopic (exact) mass is 622 g/mol. The second-order valence-corrected chi connectivity index (χ2v) is 6.53. The van der Waals surface area contributed by atoms with E-state index < -0.39 is 0 Å². The minimum atomic E-state index is 0.0473. The summed E-state index contributed by atoms with van der Waals surface area (Å²) < 4.78 is 0. The first-order valence-corrected chi connectivity index (χ1v) is 13.1. The van der Waals surface area contributed by atoms with Crippen molar-refractivity contribution in [1.29, 1.82) is 0 Å². The normalized spacial score (nSPS) is 11.8. The molecular formula is C24H24Cl2N2Pd2. The number of benzene rings is 4. The van der Waals surface area contributed by atoms with Crippen LogP contribution in [0.2, 0.25) is 0 Å². The van der Waals surface area contributed by atoms with Crippen molar-refractivity contribution in [3.63, 3.8) is 0 Å². The SMILES string of the molecule is C[C@@H](N)c1[c-]ccc2ccccc12.C[C@@H](N)c1[c-]ccc2ccccc12.[Cl][Pd+].[Cl][Pd+]. The van der Waals surface area contributed by atoms with Crippen LogP contribution in [0.4, 0.5) is 0 Å². The van der Waals surface area contributed by atoms with Crippen molar-refractivity contribution in [2.75, 3.05) is 0 Å². The molecule has 4 N–H and O–H groups in total. The summed E-state index contributed by atoms with van der Waals surface area (Å²) in [7, 11) is 8.98. The Morgan fingerprint density at radius 3 is 1.30 bits per heavy atom. The van der Waals surface area contributed by atoms with Gasteiger partial charge < -0.3 is 11.5 Å². The van der Waals surface area contributed by atoms with E-state index in [9.17, 15) is 0 Å². The van der Waals surface area contributed by atoms with E-state index in [-0.39, 0.29) is 12.1 Å². The Bertz CT molecular complexity index is 930. The third-order valence-electron chi connectivity index (χ3n) is 4.42. The first-order valence-electron chi connectivity index (χ1n) is 9.11. The van der Waals surface area contributed by atoms with Crippen LogP contribution >= 0.6 is 19.1 Å². The van der Waals surface area contributed by atoms with Crippen LogP contribution in [0.5, 0.6) is 0 Å². The molecule has 30 heavy (non-hydrogen) atoms. The fraction of sp³-hybridized carbons (Fsp3) is 0.167. The summed E-state index contributed by atoms with van der Waals surface area (Å²) in [6, 6.07) is 30.9.